The predicted octanol–water partition coefficient (Wildman–Crippen LogP) is 6.28. The average molecular weight is 394 g/mol. The first-order valence-corrected chi connectivity index (χ1v) is 8.76. The van der Waals surface area contributed by atoms with E-state index in [0.29, 0.717) is 32.5 Å². The van der Waals surface area contributed by atoms with Gasteiger partial charge in [0.1, 0.15) is 5.75 Å². The van der Waals surface area contributed by atoms with Crippen LogP contribution in [0.25, 0.3) is 11.6 Å². The molecule has 0 amide bonds. The summed E-state index contributed by atoms with van der Waals surface area (Å²) in [5, 5.41) is 10.5. The Balaban J connectivity index is 1.85. The molecular weight excluding hydrogens is 381 g/mol. The maximum absolute atomic E-state index is 12.3. The second kappa shape index (κ2) is 8.55. The fourth-order valence-corrected chi connectivity index (χ4v) is 2.83. The number of ether oxygens (including phenoxy) is 1. The molecular formula is C22H13Cl2NO2. The van der Waals surface area contributed by atoms with Crippen LogP contribution in [0.2, 0.25) is 10.0 Å². The van der Waals surface area contributed by atoms with Gasteiger partial charge in [-0.3, -0.25) is 0 Å². The minimum atomic E-state index is -0.506. The Kier molecular flexibility index (Phi) is 5.93. The van der Waals surface area contributed by atoms with Crippen molar-refractivity contribution in [2.75, 3.05) is 0 Å². The second-order valence-electron chi connectivity index (χ2n) is 5.65. The van der Waals surface area contributed by atoms with E-state index in [4.69, 9.17) is 27.9 Å². The third kappa shape index (κ3) is 4.98. The molecule has 0 aliphatic rings. The predicted molar refractivity (Wildman–Crippen MR) is 108 cm³/mol. The zero-order valence-electron chi connectivity index (χ0n) is 14.0. The number of rotatable bonds is 4. The number of hydrogen-bond acceptors (Lipinski definition) is 3. The molecule has 0 spiro atoms. The van der Waals surface area contributed by atoms with Gasteiger partial charge in [-0.1, -0.05) is 53.5 Å². The van der Waals surface area contributed by atoms with Crippen molar-refractivity contribution in [2.24, 2.45) is 0 Å². The van der Waals surface area contributed by atoms with Crippen molar-refractivity contribution in [1.29, 1.82) is 5.26 Å². The highest BCUT2D eigenvalue weighted by Crippen LogP contribution is 2.23. The molecule has 0 saturated heterocycles. The van der Waals surface area contributed by atoms with E-state index in [0.717, 1.165) is 5.56 Å². The van der Waals surface area contributed by atoms with E-state index >= 15 is 0 Å². The third-order valence-corrected chi connectivity index (χ3v) is 4.17. The van der Waals surface area contributed by atoms with Crippen LogP contribution in [0.1, 0.15) is 21.5 Å². The van der Waals surface area contributed by atoms with Gasteiger partial charge in [0.05, 0.1) is 17.2 Å². The smallest absolute Gasteiger partial charge is 0.343 e. The van der Waals surface area contributed by atoms with Crippen LogP contribution in [0.3, 0.4) is 0 Å². The lowest BCUT2D eigenvalue weighted by Gasteiger charge is -2.06. The molecule has 3 aromatic rings. The SMILES string of the molecule is N#C/C(=C/c1cccc(OC(=O)c2cccc(Cl)c2)c1)c1cccc(Cl)c1. The van der Waals surface area contributed by atoms with Gasteiger partial charge in [0.2, 0.25) is 0 Å². The van der Waals surface area contributed by atoms with Crippen molar-refractivity contribution < 1.29 is 9.53 Å². The van der Waals surface area contributed by atoms with E-state index in [-0.39, 0.29) is 0 Å². The molecule has 3 nitrogen and oxygen atoms in total. The summed E-state index contributed by atoms with van der Waals surface area (Å²) in [6.45, 7) is 0. The maximum atomic E-state index is 12.3. The number of benzene rings is 3. The van der Waals surface area contributed by atoms with Gasteiger partial charge < -0.3 is 4.74 Å². The molecule has 0 bridgehead atoms. The van der Waals surface area contributed by atoms with Crippen LogP contribution in [0.15, 0.2) is 72.8 Å². The maximum Gasteiger partial charge on any atom is 0.343 e. The van der Waals surface area contributed by atoms with Gasteiger partial charge in [-0.25, -0.2) is 4.79 Å². The van der Waals surface area contributed by atoms with E-state index in [2.05, 4.69) is 6.07 Å². The molecule has 0 saturated carbocycles. The molecule has 5 heteroatoms. The summed E-state index contributed by atoms with van der Waals surface area (Å²) >= 11 is 11.9. The van der Waals surface area contributed by atoms with Crippen LogP contribution in [0.5, 0.6) is 5.75 Å². The number of allylic oxidation sites excluding steroid dienone is 1. The highest BCUT2D eigenvalue weighted by atomic mass is 35.5. The fraction of sp³-hybridized carbons (Fsp3) is 0. The Morgan fingerprint density at radius 3 is 2.19 bits per heavy atom. The summed E-state index contributed by atoms with van der Waals surface area (Å²) in [6, 6.07) is 22.7. The van der Waals surface area contributed by atoms with Gasteiger partial charge in [0.25, 0.3) is 0 Å². The first kappa shape index (κ1) is 18.7. The lowest BCUT2D eigenvalue weighted by molar-refractivity contribution is 0.0735. The summed E-state index contributed by atoms with van der Waals surface area (Å²) in [5.41, 5.74) is 2.25. The van der Waals surface area contributed by atoms with Gasteiger partial charge in [-0.05, 0) is 59.7 Å². The first-order valence-electron chi connectivity index (χ1n) is 8.01. The summed E-state index contributed by atoms with van der Waals surface area (Å²) in [7, 11) is 0. The molecule has 3 aromatic carbocycles. The largest absolute Gasteiger partial charge is 0.423 e. The molecule has 3 rings (SSSR count). The molecule has 0 atom stereocenters. The standard InChI is InChI=1S/C22H13Cl2NO2/c23-19-7-2-5-16(12-19)18(14-25)10-15-4-1-9-21(11-15)27-22(26)17-6-3-8-20(24)13-17/h1-13H/b18-10-. The number of halogens is 2. The van der Waals surface area contributed by atoms with E-state index in [1.54, 1.807) is 66.7 Å². The highest BCUT2D eigenvalue weighted by molar-refractivity contribution is 6.31. The quantitative estimate of drug-likeness (QED) is 0.227. The number of nitrogens with zero attached hydrogens (tertiary/aromatic N) is 1. The van der Waals surface area contributed by atoms with Gasteiger partial charge in [0.15, 0.2) is 0 Å². The lowest BCUT2D eigenvalue weighted by Crippen LogP contribution is -2.08. The number of esters is 1. The van der Waals surface area contributed by atoms with Crippen LogP contribution in [0.4, 0.5) is 0 Å². The lowest BCUT2D eigenvalue weighted by atomic mass is 10.0. The average Bonchev–Trinajstić information content (AvgIpc) is 2.66. The van der Waals surface area contributed by atoms with Crippen LogP contribution in [-0.2, 0) is 0 Å². The molecule has 0 aliphatic heterocycles. The summed E-state index contributed by atoms with van der Waals surface area (Å²) in [6.07, 6.45) is 1.71. The van der Waals surface area contributed by atoms with Crippen molar-refractivity contribution in [3.05, 3.63) is 99.5 Å². The highest BCUT2D eigenvalue weighted by Gasteiger charge is 2.09. The van der Waals surface area contributed by atoms with Crippen LogP contribution in [-0.4, -0.2) is 5.97 Å². The molecule has 0 aromatic heterocycles. The van der Waals surface area contributed by atoms with Gasteiger partial charge in [-0.2, -0.15) is 5.26 Å². The Morgan fingerprint density at radius 2 is 1.52 bits per heavy atom. The summed E-state index contributed by atoms with van der Waals surface area (Å²) in [4.78, 5) is 12.3. The minimum absolute atomic E-state index is 0.361. The van der Waals surface area contributed by atoms with Crippen molar-refractivity contribution in [1.82, 2.24) is 0 Å². The Morgan fingerprint density at radius 1 is 0.889 bits per heavy atom. The second-order valence-corrected chi connectivity index (χ2v) is 6.53. The zero-order valence-corrected chi connectivity index (χ0v) is 15.5. The van der Waals surface area contributed by atoms with Gasteiger partial charge >= 0.3 is 5.97 Å². The molecule has 0 N–H and O–H groups in total. The molecule has 0 unspecified atom stereocenters. The van der Waals surface area contributed by atoms with E-state index < -0.39 is 5.97 Å². The van der Waals surface area contributed by atoms with Crippen molar-refractivity contribution in [3.63, 3.8) is 0 Å². The summed E-state index contributed by atoms with van der Waals surface area (Å²) < 4.78 is 5.41. The Bertz CT molecular complexity index is 1070. The van der Waals surface area contributed by atoms with E-state index in [9.17, 15) is 10.1 Å². The summed E-state index contributed by atoms with van der Waals surface area (Å²) in [5.74, 6) is -0.133. The molecule has 0 heterocycles. The van der Waals surface area contributed by atoms with Gasteiger partial charge in [0, 0.05) is 10.0 Å². The van der Waals surface area contributed by atoms with Crippen molar-refractivity contribution in [3.8, 4) is 11.8 Å². The van der Waals surface area contributed by atoms with Crippen LogP contribution < -0.4 is 4.74 Å². The molecule has 132 valence electrons. The third-order valence-electron chi connectivity index (χ3n) is 3.70. The van der Waals surface area contributed by atoms with E-state index in [1.165, 1.54) is 0 Å². The Labute approximate surface area is 167 Å². The van der Waals surface area contributed by atoms with Gasteiger partial charge in [-0.15, -0.1) is 0 Å². The molecule has 0 radical (unpaired) electrons. The number of hydrogen-bond donors (Lipinski definition) is 0. The first-order chi connectivity index (χ1) is 13.0. The zero-order chi connectivity index (χ0) is 19.2. The normalized spacial score (nSPS) is 10.9. The molecule has 0 fully saturated rings. The van der Waals surface area contributed by atoms with Crippen molar-refractivity contribution in [2.45, 2.75) is 0 Å². The number of carbonyl (C=O) groups excluding carboxylic acids is 1. The molecule has 27 heavy (non-hydrogen) atoms. The van der Waals surface area contributed by atoms with Crippen LogP contribution in [0, 0.1) is 11.3 Å². The Hall–Kier alpha value is -3.06. The van der Waals surface area contributed by atoms with Crippen molar-refractivity contribution >= 4 is 40.8 Å². The number of carbonyl (C=O) groups is 1. The fourth-order valence-electron chi connectivity index (χ4n) is 2.45. The van der Waals surface area contributed by atoms with Crippen LogP contribution >= 0.6 is 23.2 Å². The molecule has 0 aliphatic carbocycles. The minimum Gasteiger partial charge on any atom is -0.423 e. The number of nitriles is 1. The topological polar surface area (TPSA) is 50.1 Å². The van der Waals surface area contributed by atoms with E-state index in [1.807, 2.05) is 12.1 Å². The monoisotopic (exact) mass is 393 g/mol.